The molecule has 0 amide bonds. The minimum atomic E-state index is -0.165. The van der Waals surface area contributed by atoms with Crippen molar-refractivity contribution >= 4 is 5.69 Å². The third kappa shape index (κ3) is 4.48. The third-order valence-corrected chi connectivity index (χ3v) is 3.46. The predicted octanol–water partition coefficient (Wildman–Crippen LogP) is 4.37. The molecular weight excluding hydrogens is 251 g/mol. The summed E-state index contributed by atoms with van der Waals surface area (Å²) in [7, 11) is 0. The molecule has 1 unspecified atom stereocenters. The summed E-state index contributed by atoms with van der Waals surface area (Å²) < 4.78 is 13.6. The molecule has 0 saturated heterocycles. The standard InChI is InChI=1S/C17H29FN2/c1-7-19-14(6)16-10-15(18)8-9-17(16)20(13(4)5)11-12(2)3/h8-10,12-14,19H,7,11H2,1-6H3. The number of hydrogen-bond donors (Lipinski definition) is 1. The summed E-state index contributed by atoms with van der Waals surface area (Å²) in [6, 6.07) is 5.70. The molecule has 1 aromatic carbocycles. The van der Waals surface area contributed by atoms with E-state index in [1.54, 1.807) is 12.1 Å². The molecule has 3 heteroatoms. The maximum atomic E-state index is 13.6. The topological polar surface area (TPSA) is 15.3 Å². The first-order chi connectivity index (χ1) is 9.36. The molecule has 1 rings (SSSR count). The zero-order valence-electron chi connectivity index (χ0n) is 13.7. The smallest absolute Gasteiger partial charge is 0.123 e. The van der Waals surface area contributed by atoms with E-state index in [9.17, 15) is 4.39 Å². The number of hydrogen-bond acceptors (Lipinski definition) is 2. The van der Waals surface area contributed by atoms with Gasteiger partial charge in [-0.25, -0.2) is 4.39 Å². The van der Waals surface area contributed by atoms with Gasteiger partial charge in [0.15, 0.2) is 0 Å². The van der Waals surface area contributed by atoms with Gasteiger partial charge in [-0.1, -0.05) is 20.8 Å². The highest BCUT2D eigenvalue weighted by atomic mass is 19.1. The summed E-state index contributed by atoms with van der Waals surface area (Å²) >= 11 is 0. The summed E-state index contributed by atoms with van der Waals surface area (Å²) in [4.78, 5) is 2.37. The third-order valence-electron chi connectivity index (χ3n) is 3.46. The first-order valence-electron chi connectivity index (χ1n) is 7.66. The van der Waals surface area contributed by atoms with E-state index in [-0.39, 0.29) is 11.9 Å². The van der Waals surface area contributed by atoms with E-state index in [1.165, 1.54) is 0 Å². The first-order valence-corrected chi connectivity index (χ1v) is 7.66. The molecule has 0 heterocycles. The zero-order chi connectivity index (χ0) is 15.3. The zero-order valence-corrected chi connectivity index (χ0v) is 13.7. The lowest BCUT2D eigenvalue weighted by molar-refractivity contribution is 0.552. The van der Waals surface area contributed by atoms with Crippen molar-refractivity contribution < 1.29 is 4.39 Å². The molecule has 0 aliphatic rings. The minimum absolute atomic E-state index is 0.152. The second kappa shape index (κ2) is 7.63. The van der Waals surface area contributed by atoms with Crippen LogP contribution in [-0.2, 0) is 0 Å². The van der Waals surface area contributed by atoms with Gasteiger partial charge in [0.2, 0.25) is 0 Å². The molecule has 0 aromatic heterocycles. The van der Waals surface area contributed by atoms with Crippen LogP contribution in [0.15, 0.2) is 18.2 Å². The second-order valence-corrected chi connectivity index (χ2v) is 6.12. The fraction of sp³-hybridized carbons (Fsp3) is 0.647. The Morgan fingerprint density at radius 2 is 1.80 bits per heavy atom. The van der Waals surface area contributed by atoms with Crippen LogP contribution < -0.4 is 10.2 Å². The normalized spacial score (nSPS) is 13.1. The fourth-order valence-electron chi connectivity index (χ4n) is 2.53. The average molecular weight is 280 g/mol. The first kappa shape index (κ1) is 17.0. The van der Waals surface area contributed by atoms with Crippen LogP contribution in [0.5, 0.6) is 0 Å². The molecule has 0 spiro atoms. The van der Waals surface area contributed by atoms with E-state index in [2.05, 4.69) is 51.8 Å². The van der Waals surface area contributed by atoms with Gasteiger partial charge >= 0.3 is 0 Å². The maximum absolute atomic E-state index is 13.6. The molecule has 0 fully saturated rings. The van der Waals surface area contributed by atoms with Gasteiger partial charge in [0.25, 0.3) is 0 Å². The summed E-state index contributed by atoms with van der Waals surface area (Å²) in [5.41, 5.74) is 2.18. The van der Waals surface area contributed by atoms with Crippen molar-refractivity contribution in [1.82, 2.24) is 5.32 Å². The van der Waals surface area contributed by atoms with Crippen LogP contribution in [0.3, 0.4) is 0 Å². The van der Waals surface area contributed by atoms with Crippen LogP contribution in [0.4, 0.5) is 10.1 Å². The van der Waals surface area contributed by atoms with Crippen molar-refractivity contribution in [2.45, 2.75) is 53.6 Å². The van der Waals surface area contributed by atoms with Crippen molar-refractivity contribution in [3.05, 3.63) is 29.6 Å². The Balaban J connectivity index is 3.19. The molecule has 1 atom stereocenters. The molecule has 114 valence electrons. The van der Waals surface area contributed by atoms with Gasteiger partial charge in [-0.05, 0) is 57.0 Å². The van der Waals surface area contributed by atoms with Gasteiger partial charge in [-0.3, -0.25) is 0 Å². The van der Waals surface area contributed by atoms with Crippen LogP contribution >= 0.6 is 0 Å². The molecule has 0 saturated carbocycles. The quantitative estimate of drug-likeness (QED) is 0.798. The lowest BCUT2D eigenvalue weighted by atomic mass is 10.0. The van der Waals surface area contributed by atoms with Gasteiger partial charge in [-0.2, -0.15) is 0 Å². The van der Waals surface area contributed by atoms with Crippen LogP contribution in [0.25, 0.3) is 0 Å². The van der Waals surface area contributed by atoms with E-state index in [4.69, 9.17) is 0 Å². The average Bonchev–Trinajstić information content (AvgIpc) is 2.36. The number of benzene rings is 1. The van der Waals surface area contributed by atoms with Crippen molar-refractivity contribution in [1.29, 1.82) is 0 Å². The van der Waals surface area contributed by atoms with E-state index < -0.39 is 0 Å². The molecule has 0 aliphatic heterocycles. The number of rotatable bonds is 7. The van der Waals surface area contributed by atoms with Gasteiger partial charge in [0, 0.05) is 24.3 Å². The highest BCUT2D eigenvalue weighted by molar-refractivity contribution is 5.56. The van der Waals surface area contributed by atoms with Crippen LogP contribution in [-0.4, -0.2) is 19.1 Å². The molecule has 0 radical (unpaired) electrons. The Kier molecular flexibility index (Phi) is 6.47. The monoisotopic (exact) mass is 280 g/mol. The van der Waals surface area contributed by atoms with Crippen LogP contribution in [0.2, 0.25) is 0 Å². The van der Waals surface area contributed by atoms with Crippen LogP contribution in [0, 0.1) is 11.7 Å². The van der Waals surface area contributed by atoms with E-state index >= 15 is 0 Å². The van der Waals surface area contributed by atoms with Gasteiger partial charge < -0.3 is 10.2 Å². The molecule has 0 bridgehead atoms. The predicted molar refractivity (Wildman–Crippen MR) is 85.8 cm³/mol. The van der Waals surface area contributed by atoms with Crippen LogP contribution in [0.1, 0.15) is 53.1 Å². The van der Waals surface area contributed by atoms with Gasteiger partial charge in [-0.15, -0.1) is 0 Å². The summed E-state index contributed by atoms with van der Waals surface area (Å²) in [5, 5.41) is 3.38. The van der Waals surface area contributed by atoms with E-state index in [0.717, 1.165) is 24.3 Å². The highest BCUT2D eigenvalue weighted by Gasteiger charge is 2.19. The Hall–Kier alpha value is -1.09. The summed E-state index contributed by atoms with van der Waals surface area (Å²) in [5.74, 6) is 0.409. The molecule has 1 N–H and O–H groups in total. The fourth-order valence-corrected chi connectivity index (χ4v) is 2.53. The van der Waals surface area contributed by atoms with Crippen molar-refractivity contribution in [2.75, 3.05) is 18.0 Å². The second-order valence-electron chi connectivity index (χ2n) is 6.12. The Bertz CT molecular complexity index is 415. The Morgan fingerprint density at radius 1 is 1.15 bits per heavy atom. The maximum Gasteiger partial charge on any atom is 0.123 e. The number of halogens is 1. The minimum Gasteiger partial charge on any atom is -0.369 e. The largest absolute Gasteiger partial charge is 0.369 e. The molecule has 0 aliphatic carbocycles. The molecule has 2 nitrogen and oxygen atoms in total. The van der Waals surface area contributed by atoms with Crippen molar-refractivity contribution in [3.63, 3.8) is 0 Å². The number of anilines is 1. The summed E-state index contributed by atoms with van der Waals surface area (Å²) in [6.45, 7) is 14.8. The number of nitrogens with one attached hydrogen (secondary N) is 1. The lowest BCUT2D eigenvalue weighted by Crippen LogP contribution is -2.35. The summed E-state index contributed by atoms with van der Waals surface area (Å²) in [6.07, 6.45) is 0. The molecular formula is C17H29FN2. The molecule has 20 heavy (non-hydrogen) atoms. The number of nitrogens with zero attached hydrogens (tertiary/aromatic N) is 1. The highest BCUT2D eigenvalue weighted by Crippen LogP contribution is 2.29. The van der Waals surface area contributed by atoms with E-state index in [1.807, 2.05) is 6.07 Å². The Morgan fingerprint density at radius 3 is 2.30 bits per heavy atom. The van der Waals surface area contributed by atoms with Gasteiger partial charge in [0.1, 0.15) is 5.82 Å². The van der Waals surface area contributed by atoms with Crippen molar-refractivity contribution in [3.8, 4) is 0 Å². The Labute approximate surface area is 123 Å². The van der Waals surface area contributed by atoms with Crippen molar-refractivity contribution in [2.24, 2.45) is 5.92 Å². The SMILES string of the molecule is CCNC(C)c1cc(F)ccc1N(CC(C)C)C(C)C. The van der Waals surface area contributed by atoms with E-state index in [0.29, 0.717) is 12.0 Å². The molecule has 1 aromatic rings. The van der Waals surface area contributed by atoms with Gasteiger partial charge in [0.05, 0.1) is 0 Å². The lowest BCUT2D eigenvalue weighted by Gasteiger charge is -2.34.